The number of fused-ring (bicyclic) bond motifs is 1. The number of hydrogen-bond acceptors (Lipinski definition) is 4. The molecule has 0 spiro atoms. The van der Waals surface area contributed by atoms with Gasteiger partial charge < -0.3 is 14.8 Å². The lowest BCUT2D eigenvalue weighted by molar-refractivity contribution is -0.140. The number of aromatic amines is 1. The summed E-state index contributed by atoms with van der Waals surface area (Å²) in [6, 6.07) is 4.96. The number of carbonyl (C=O) groups excluding carboxylic acids is 1. The molecule has 0 atom stereocenters. The summed E-state index contributed by atoms with van der Waals surface area (Å²) in [6.07, 6.45) is 1.46. The zero-order valence-electron chi connectivity index (χ0n) is 8.14. The number of para-hydroxylation sites is 1. The van der Waals surface area contributed by atoms with Gasteiger partial charge in [0.2, 0.25) is 0 Å². The minimum Gasteiger partial charge on any atom is -0.479 e. The van der Waals surface area contributed by atoms with Crippen molar-refractivity contribution in [1.82, 2.24) is 9.97 Å². The van der Waals surface area contributed by atoms with E-state index >= 15 is 0 Å². The van der Waals surface area contributed by atoms with E-state index in [4.69, 9.17) is 5.11 Å². The van der Waals surface area contributed by atoms with Crippen LogP contribution in [0.1, 0.15) is 10.4 Å². The normalized spacial score (nSPS) is 10.2. The molecule has 6 heteroatoms. The van der Waals surface area contributed by atoms with E-state index in [1.54, 1.807) is 12.1 Å². The van der Waals surface area contributed by atoms with Crippen molar-refractivity contribution < 1.29 is 19.4 Å². The van der Waals surface area contributed by atoms with Crippen LogP contribution in [0.15, 0.2) is 24.5 Å². The smallest absolute Gasteiger partial charge is 0.341 e. The largest absolute Gasteiger partial charge is 0.479 e. The Bertz CT molecular complexity index is 546. The highest BCUT2D eigenvalue weighted by Crippen LogP contribution is 2.15. The first-order chi connectivity index (χ1) is 7.68. The van der Waals surface area contributed by atoms with Gasteiger partial charge in [0.25, 0.3) is 0 Å². The Kier molecular flexibility index (Phi) is 2.55. The molecular formula is C10H8N2O4. The summed E-state index contributed by atoms with van der Waals surface area (Å²) in [4.78, 5) is 28.6. The second-order valence-electron chi connectivity index (χ2n) is 3.07. The molecule has 0 bridgehead atoms. The summed E-state index contributed by atoms with van der Waals surface area (Å²) in [5, 5.41) is 8.38. The van der Waals surface area contributed by atoms with E-state index in [9.17, 15) is 9.59 Å². The van der Waals surface area contributed by atoms with Gasteiger partial charge in [-0.25, -0.2) is 14.6 Å². The number of carbonyl (C=O) groups is 2. The zero-order valence-corrected chi connectivity index (χ0v) is 8.14. The third kappa shape index (κ3) is 1.85. The van der Waals surface area contributed by atoms with Crippen LogP contribution in [-0.4, -0.2) is 33.6 Å². The number of esters is 1. The van der Waals surface area contributed by atoms with Gasteiger partial charge in [0.05, 0.1) is 17.4 Å². The molecule has 0 fully saturated rings. The average molecular weight is 220 g/mol. The molecule has 0 amide bonds. The summed E-state index contributed by atoms with van der Waals surface area (Å²) in [5.74, 6) is -1.89. The Morgan fingerprint density at radius 3 is 3.00 bits per heavy atom. The van der Waals surface area contributed by atoms with Crippen molar-refractivity contribution in [3.05, 3.63) is 30.1 Å². The Morgan fingerprint density at radius 1 is 1.44 bits per heavy atom. The van der Waals surface area contributed by atoms with Crippen molar-refractivity contribution >= 4 is 23.0 Å². The van der Waals surface area contributed by atoms with Crippen molar-refractivity contribution in [2.45, 2.75) is 0 Å². The number of ether oxygens (including phenoxy) is 1. The molecule has 82 valence electrons. The van der Waals surface area contributed by atoms with Crippen LogP contribution in [0.5, 0.6) is 0 Å². The number of aliphatic carboxylic acids is 1. The summed E-state index contributed by atoms with van der Waals surface area (Å²) in [6.45, 7) is -0.653. The monoisotopic (exact) mass is 220 g/mol. The molecular weight excluding hydrogens is 212 g/mol. The second kappa shape index (κ2) is 4.01. The molecule has 6 nitrogen and oxygen atoms in total. The molecule has 1 heterocycles. The van der Waals surface area contributed by atoms with Crippen LogP contribution in [0.25, 0.3) is 11.0 Å². The average Bonchev–Trinajstić information content (AvgIpc) is 2.73. The molecule has 1 aromatic carbocycles. The molecule has 2 aromatic rings. The summed E-state index contributed by atoms with van der Waals surface area (Å²) >= 11 is 0. The first kappa shape index (κ1) is 10.2. The van der Waals surface area contributed by atoms with E-state index in [-0.39, 0.29) is 5.56 Å². The van der Waals surface area contributed by atoms with Gasteiger partial charge in [0.1, 0.15) is 5.52 Å². The maximum absolute atomic E-state index is 11.5. The highest BCUT2D eigenvalue weighted by atomic mass is 16.5. The number of carboxylic acid groups (broad SMARTS) is 1. The number of benzene rings is 1. The van der Waals surface area contributed by atoms with Crippen LogP contribution in [0.2, 0.25) is 0 Å². The second-order valence-corrected chi connectivity index (χ2v) is 3.07. The highest BCUT2D eigenvalue weighted by Gasteiger charge is 2.13. The number of rotatable bonds is 3. The summed E-state index contributed by atoms with van der Waals surface area (Å²) in [5.41, 5.74) is 1.42. The first-order valence-corrected chi connectivity index (χ1v) is 4.49. The molecule has 0 unspecified atom stereocenters. The Hall–Kier alpha value is -2.37. The van der Waals surface area contributed by atoms with Crippen LogP contribution in [-0.2, 0) is 9.53 Å². The van der Waals surface area contributed by atoms with Gasteiger partial charge in [0, 0.05) is 0 Å². The fourth-order valence-corrected chi connectivity index (χ4v) is 1.34. The zero-order chi connectivity index (χ0) is 11.5. The number of hydrogen-bond donors (Lipinski definition) is 2. The highest BCUT2D eigenvalue weighted by molar-refractivity contribution is 6.02. The van der Waals surface area contributed by atoms with Crippen LogP contribution in [0.3, 0.4) is 0 Å². The van der Waals surface area contributed by atoms with Gasteiger partial charge in [0.15, 0.2) is 6.61 Å². The first-order valence-electron chi connectivity index (χ1n) is 4.49. The van der Waals surface area contributed by atoms with Gasteiger partial charge in [-0.05, 0) is 12.1 Å². The van der Waals surface area contributed by atoms with E-state index in [1.165, 1.54) is 12.4 Å². The van der Waals surface area contributed by atoms with Gasteiger partial charge >= 0.3 is 11.9 Å². The van der Waals surface area contributed by atoms with Gasteiger partial charge in [-0.3, -0.25) is 0 Å². The summed E-state index contributed by atoms with van der Waals surface area (Å²) < 4.78 is 4.57. The molecule has 0 aliphatic rings. The lowest BCUT2D eigenvalue weighted by atomic mass is 10.2. The summed E-state index contributed by atoms with van der Waals surface area (Å²) in [7, 11) is 0. The minimum absolute atomic E-state index is 0.250. The fourth-order valence-electron chi connectivity index (χ4n) is 1.34. The third-order valence-electron chi connectivity index (χ3n) is 2.00. The van der Waals surface area contributed by atoms with E-state index < -0.39 is 18.5 Å². The molecule has 1 aromatic heterocycles. The minimum atomic E-state index is -1.19. The number of aromatic nitrogens is 2. The quantitative estimate of drug-likeness (QED) is 0.746. The third-order valence-corrected chi connectivity index (χ3v) is 2.00. The van der Waals surface area contributed by atoms with Crippen molar-refractivity contribution in [1.29, 1.82) is 0 Å². The van der Waals surface area contributed by atoms with Crippen molar-refractivity contribution in [3.8, 4) is 0 Å². The fraction of sp³-hybridized carbons (Fsp3) is 0.100. The Balaban J connectivity index is 2.29. The van der Waals surface area contributed by atoms with Crippen LogP contribution in [0, 0.1) is 0 Å². The molecule has 2 rings (SSSR count). The molecule has 16 heavy (non-hydrogen) atoms. The topological polar surface area (TPSA) is 92.3 Å². The van der Waals surface area contributed by atoms with Gasteiger partial charge in [-0.15, -0.1) is 0 Å². The molecule has 0 saturated carbocycles. The molecule has 0 radical (unpaired) electrons. The van der Waals surface area contributed by atoms with Gasteiger partial charge in [-0.2, -0.15) is 0 Å². The predicted molar refractivity (Wildman–Crippen MR) is 54.0 cm³/mol. The van der Waals surface area contributed by atoms with Crippen LogP contribution >= 0.6 is 0 Å². The molecule has 0 aliphatic carbocycles. The number of H-pyrrole nitrogens is 1. The molecule has 0 aliphatic heterocycles. The van der Waals surface area contributed by atoms with Crippen molar-refractivity contribution in [2.24, 2.45) is 0 Å². The Morgan fingerprint density at radius 2 is 2.25 bits per heavy atom. The molecule has 0 saturated heterocycles. The van der Waals surface area contributed by atoms with Crippen molar-refractivity contribution in [2.75, 3.05) is 6.61 Å². The van der Waals surface area contributed by atoms with Crippen molar-refractivity contribution in [3.63, 3.8) is 0 Å². The van der Waals surface area contributed by atoms with Gasteiger partial charge in [-0.1, -0.05) is 6.07 Å². The van der Waals surface area contributed by atoms with E-state index in [0.717, 1.165) is 0 Å². The number of imidazole rings is 1. The van der Waals surface area contributed by atoms with E-state index in [0.29, 0.717) is 11.0 Å². The van der Waals surface area contributed by atoms with Crippen LogP contribution < -0.4 is 0 Å². The lowest BCUT2D eigenvalue weighted by Crippen LogP contribution is -2.13. The lowest BCUT2D eigenvalue weighted by Gasteiger charge is -2.01. The van der Waals surface area contributed by atoms with Crippen LogP contribution in [0.4, 0.5) is 0 Å². The maximum Gasteiger partial charge on any atom is 0.341 e. The van der Waals surface area contributed by atoms with E-state index in [2.05, 4.69) is 14.7 Å². The predicted octanol–water partition coefficient (Wildman–Crippen LogP) is 0.804. The number of nitrogens with one attached hydrogen (secondary N) is 1. The maximum atomic E-state index is 11.5. The SMILES string of the molecule is O=C(O)COC(=O)c1cccc2[nH]cnc12. The van der Waals surface area contributed by atoms with E-state index in [1.807, 2.05) is 0 Å². The molecule has 2 N–H and O–H groups in total. The standard InChI is InChI=1S/C10H8N2O4/c13-8(14)4-16-10(15)6-2-1-3-7-9(6)12-5-11-7/h1-3,5H,4H2,(H,11,12)(H,13,14). The number of nitrogens with zero attached hydrogens (tertiary/aromatic N) is 1. The Labute approximate surface area is 89.9 Å². The number of carboxylic acids is 1.